The summed E-state index contributed by atoms with van der Waals surface area (Å²) in [5.74, 6) is -0.315. The molecule has 1 aromatic rings. The zero-order valence-corrected chi connectivity index (χ0v) is 11.9. The normalized spacial score (nSPS) is 19.5. The molecule has 1 aromatic carbocycles. The first-order chi connectivity index (χ1) is 9.45. The number of carbonyl (C=O) groups is 1. The number of nitrogens with one attached hydrogen (secondary N) is 1. The number of likely N-dealkylation sites (N-methyl/N-ethyl adjacent to an activating group) is 1. The molecule has 0 spiro atoms. The number of rotatable bonds is 4. The van der Waals surface area contributed by atoms with E-state index in [4.69, 9.17) is 5.73 Å². The second-order valence-corrected chi connectivity index (χ2v) is 5.44. The Hall–Kier alpha value is -1.66. The third-order valence-corrected chi connectivity index (χ3v) is 3.69. The molecule has 1 fully saturated rings. The van der Waals surface area contributed by atoms with E-state index in [2.05, 4.69) is 29.2 Å². The van der Waals surface area contributed by atoms with Gasteiger partial charge < -0.3 is 16.0 Å². The van der Waals surface area contributed by atoms with Gasteiger partial charge in [-0.25, -0.2) is 9.18 Å². The summed E-state index contributed by atoms with van der Waals surface area (Å²) in [6.07, 6.45) is 1.11. The van der Waals surface area contributed by atoms with E-state index < -0.39 is 6.03 Å². The van der Waals surface area contributed by atoms with Crippen molar-refractivity contribution in [2.24, 2.45) is 5.73 Å². The summed E-state index contributed by atoms with van der Waals surface area (Å²) in [5.41, 5.74) is 6.02. The number of likely N-dealkylation sites (tertiary alicyclic amines) is 1. The summed E-state index contributed by atoms with van der Waals surface area (Å²) in [7, 11) is 4.14. The molecule has 110 valence electrons. The van der Waals surface area contributed by atoms with E-state index in [1.807, 2.05) is 0 Å². The molecule has 0 bridgehead atoms. The predicted molar refractivity (Wildman–Crippen MR) is 77.0 cm³/mol. The van der Waals surface area contributed by atoms with Crippen LogP contribution in [0.15, 0.2) is 18.2 Å². The Bertz CT molecular complexity index is 492. The maximum Gasteiger partial charge on any atom is 0.316 e. The number of amides is 2. The molecule has 5 nitrogen and oxygen atoms in total. The first-order valence-electron chi connectivity index (χ1n) is 6.69. The maximum atomic E-state index is 14.0. The zero-order valence-electron chi connectivity index (χ0n) is 11.9. The van der Waals surface area contributed by atoms with Crippen LogP contribution in [-0.4, -0.2) is 49.1 Å². The van der Waals surface area contributed by atoms with Gasteiger partial charge in [0.25, 0.3) is 0 Å². The molecule has 1 atom stereocenters. The number of carbonyl (C=O) groups excluding carboxylic acids is 1. The van der Waals surface area contributed by atoms with Crippen LogP contribution in [0.5, 0.6) is 0 Å². The van der Waals surface area contributed by atoms with Crippen molar-refractivity contribution in [3.05, 3.63) is 29.6 Å². The van der Waals surface area contributed by atoms with Crippen molar-refractivity contribution in [1.82, 2.24) is 9.80 Å². The van der Waals surface area contributed by atoms with Crippen LogP contribution in [-0.2, 0) is 6.54 Å². The van der Waals surface area contributed by atoms with Crippen LogP contribution in [0, 0.1) is 5.82 Å². The lowest BCUT2D eigenvalue weighted by Gasteiger charge is -2.20. The molecule has 0 unspecified atom stereocenters. The first kappa shape index (κ1) is 14.7. The van der Waals surface area contributed by atoms with Crippen molar-refractivity contribution in [3.63, 3.8) is 0 Å². The summed E-state index contributed by atoms with van der Waals surface area (Å²) >= 11 is 0. The molecule has 1 heterocycles. The number of nitrogens with two attached hydrogens (primary N) is 1. The van der Waals surface area contributed by atoms with E-state index >= 15 is 0 Å². The Morgan fingerprint density at radius 3 is 2.85 bits per heavy atom. The lowest BCUT2D eigenvalue weighted by Crippen LogP contribution is -2.31. The molecule has 1 aliphatic rings. The van der Waals surface area contributed by atoms with Crippen LogP contribution in [0.25, 0.3) is 0 Å². The van der Waals surface area contributed by atoms with E-state index in [0.717, 1.165) is 19.5 Å². The van der Waals surface area contributed by atoms with Crippen LogP contribution < -0.4 is 11.1 Å². The second-order valence-electron chi connectivity index (χ2n) is 5.44. The lowest BCUT2D eigenvalue weighted by molar-refractivity contribution is 0.259. The minimum Gasteiger partial charge on any atom is -0.351 e. The Balaban J connectivity index is 1.98. The highest BCUT2D eigenvalue weighted by Crippen LogP contribution is 2.20. The number of anilines is 1. The van der Waals surface area contributed by atoms with Gasteiger partial charge in [0.15, 0.2) is 0 Å². The number of primary amides is 1. The maximum absolute atomic E-state index is 14.0. The van der Waals surface area contributed by atoms with Gasteiger partial charge in [0.1, 0.15) is 5.82 Å². The van der Waals surface area contributed by atoms with Gasteiger partial charge in [0, 0.05) is 36.9 Å². The standard InChI is InChI=1S/C14H21FN4O/c1-18(2)12-5-6-19(9-12)8-10-3-4-11(7-13(10)15)17-14(16)20/h3-4,7,12H,5-6,8-9H2,1-2H3,(H3,16,17,20)/t12-/m1/s1. The van der Waals surface area contributed by atoms with Crippen LogP contribution in [0.3, 0.4) is 0 Å². The summed E-state index contributed by atoms with van der Waals surface area (Å²) in [4.78, 5) is 15.2. The summed E-state index contributed by atoms with van der Waals surface area (Å²) < 4.78 is 14.0. The number of urea groups is 1. The molecule has 1 saturated heterocycles. The molecule has 3 N–H and O–H groups in total. The highest BCUT2D eigenvalue weighted by atomic mass is 19.1. The molecule has 0 radical (unpaired) electrons. The Kier molecular flexibility index (Phi) is 4.57. The quantitative estimate of drug-likeness (QED) is 0.877. The molecular formula is C14H21FN4O. The molecule has 2 rings (SSSR count). The summed E-state index contributed by atoms with van der Waals surface area (Å²) in [5, 5.41) is 2.37. The van der Waals surface area contributed by atoms with E-state index in [-0.39, 0.29) is 5.82 Å². The monoisotopic (exact) mass is 280 g/mol. The third-order valence-electron chi connectivity index (χ3n) is 3.69. The fraction of sp³-hybridized carbons (Fsp3) is 0.500. The van der Waals surface area contributed by atoms with E-state index in [1.54, 1.807) is 12.1 Å². The van der Waals surface area contributed by atoms with Crippen LogP contribution >= 0.6 is 0 Å². The van der Waals surface area contributed by atoms with E-state index in [1.165, 1.54) is 6.07 Å². The Labute approximate surface area is 118 Å². The number of hydrogen-bond acceptors (Lipinski definition) is 3. The number of nitrogens with zero attached hydrogens (tertiary/aromatic N) is 2. The molecule has 6 heteroatoms. The van der Waals surface area contributed by atoms with Gasteiger partial charge in [-0.1, -0.05) is 6.07 Å². The molecule has 0 aromatic heterocycles. The topological polar surface area (TPSA) is 61.6 Å². The molecule has 0 saturated carbocycles. The summed E-state index contributed by atoms with van der Waals surface area (Å²) in [6.45, 7) is 2.52. The Morgan fingerprint density at radius 2 is 2.30 bits per heavy atom. The minimum atomic E-state index is -0.689. The SMILES string of the molecule is CN(C)[C@@H]1CCN(Cc2ccc(NC(N)=O)cc2F)C1. The van der Waals surface area contributed by atoms with Crippen molar-refractivity contribution in [2.45, 2.75) is 19.0 Å². The molecule has 1 aliphatic heterocycles. The van der Waals surface area contributed by atoms with Gasteiger partial charge in [-0.3, -0.25) is 4.90 Å². The zero-order chi connectivity index (χ0) is 14.7. The van der Waals surface area contributed by atoms with Crippen molar-refractivity contribution < 1.29 is 9.18 Å². The molecule has 2 amide bonds. The van der Waals surface area contributed by atoms with Crippen LogP contribution in [0.4, 0.5) is 14.9 Å². The molecule has 20 heavy (non-hydrogen) atoms. The highest BCUT2D eigenvalue weighted by molar-refractivity contribution is 5.87. The van der Waals surface area contributed by atoms with Crippen LogP contribution in [0.2, 0.25) is 0 Å². The smallest absolute Gasteiger partial charge is 0.316 e. The fourth-order valence-corrected chi connectivity index (χ4v) is 2.51. The summed E-state index contributed by atoms with van der Waals surface area (Å²) in [6, 6.07) is 4.52. The number of benzene rings is 1. The number of hydrogen-bond donors (Lipinski definition) is 2. The van der Waals surface area contributed by atoms with Gasteiger partial charge in [0.05, 0.1) is 0 Å². The van der Waals surface area contributed by atoms with Crippen LogP contribution in [0.1, 0.15) is 12.0 Å². The van der Waals surface area contributed by atoms with Gasteiger partial charge in [-0.15, -0.1) is 0 Å². The van der Waals surface area contributed by atoms with E-state index in [9.17, 15) is 9.18 Å². The Morgan fingerprint density at radius 1 is 1.55 bits per heavy atom. The fourth-order valence-electron chi connectivity index (χ4n) is 2.51. The van der Waals surface area contributed by atoms with Crippen molar-refractivity contribution in [1.29, 1.82) is 0 Å². The average Bonchev–Trinajstić information content (AvgIpc) is 2.80. The van der Waals surface area contributed by atoms with Gasteiger partial charge >= 0.3 is 6.03 Å². The largest absolute Gasteiger partial charge is 0.351 e. The second kappa shape index (κ2) is 6.19. The third kappa shape index (κ3) is 3.68. The lowest BCUT2D eigenvalue weighted by atomic mass is 10.2. The first-order valence-corrected chi connectivity index (χ1v) is 6.69. The highest BCUT2D eigenvalue weighted by Gasteiger charge is 2.24. The molecule has 0 aliphatic carbocycles. The predicted octanol–water partition coefficient (Wildman–Crippen LogP) is 1.45. The van der Waals surface area contributed by atoms with Crippen molar-refractivity contribution in [2.75, 3.05) is 32.5 Å². The number of halogens is 1. The van der Waals surface area contributed by atoms with Gasteiger partial charge in [-0.2, -0.15) is 0 Å². The van der Waals surface area contributed by atoms with Crippen molar-refractivity contribution in [3.8, 4) is 0 Å². The van der Waals surface area contributed by atoms with E-state index in [0.29, 0.717) is 23.8 Å². The minimum absolute atomic E-state index is 0.315. The van der Waals surface area contributed by atoms with Gasteiger partial charge in [-0.05, 0) is 32.6 Å². The van der Waals surface area contributed by atoms with Gasteiger partial charge in [0.2, 0.25) is 0 Å². The average molecular weight is 280 g/mol. The van der Waals surface area contributed by atoms with Crippen molar-refractivity contribution >= 4 is 11.7 Å². The molecular weight excluding hydrogens is 259 g/mol.